The normalized spacial score (nSPS) is 36.5. The van der Waals surface area contributed by atoms with Gasteiger partial charge >= 0.3 is 16.4 Å². The molecule has 4 bridgehead atoms. The maximum absolute atomic E-state index is 12.5. The van der Waals surface area contributed by atoms with Crippen molar-refractivity contribution in [2.75, 3.05) is 26.2 Å². The van der Waals surface area contributed by atoms with E-state index in [0.29, 0.717) is 23.8 Å². The largest absolute Gasteiger partial charge is 0.418 e. The van der Waals surface area contributed by atoms with Gasteiger partial charge in [-0.25, -0.2) is 10.3 Å². The number of carbonyl (C=O) groups excluding carboxylic acids is 2. The van der Waals surface area contributed by atoms with Crippen molar-refractivity contribution in [3.63, 3.8) is 0 Å². The highest BCUT2D eigenvalue weighted by Crippen LogP contribution is 2.31. The molecule has 0 aliphatic carbocycles. The number of amides is 3. The minimum absolute atomic E-state index is 0.0496. The number of hydrogen-bond acceptors (Lipinski definition) is 7. The Hall–Kier alpha value is -1.47. The van der Waals surface area contributed by atoms with E-state index in [9.17, 15) is 18.0 Å². The summed E-state index contributed by atoms with van der Waals surface area (Å²) in [7, 11) is -4.80. The molecule has 26 heavy (non-hydrogen) atoms. The Morgan fingerprint density at radius 1 is 1.15 bits per heavy atom. The average molecular weight is 390 g/mol. The van der Waals surface area contributed by atoms with E-state index < -0.39 is 34.4 Å². The van der Waals surface area contributed by atoms with E-state index >= 15 is 0 Å². The molecule has 0 aromatic rings. The van der Waals surface area contributed by atoms with Crippen LogP contribution in [0.3, 0.4) is 0 Å². The van der Waals surface area contributed by atoms with Gasteiger partial charge in [-0.2, -0.15) is 13.5 Å². The maximum Gasteiger partial charge on any atom is 0.418 e. The number of carbonyl (C=O) groups is 2. The minimum atomic E-state index is -4.80. The first-order valence-corrected chi connectivity index (χ1v) is 10.1. The highest BCUT2D eigenvalue weighted by atomic mass is 32.3. The van der Waals surface area contributed by atoms with Crippen LogP contribution in [0.25, 0.3) is 0 Å². The van der Waals surface area contributed by atoms with Crippen LogP contribution in [0.5, 0.6) is 0 Å². The number of piperidine rings is 4. The second-order valence-corrected chi connectivity index (χ2v) is 8.28. The van der Waals surface area contributed by atoms with Crippen LogP contribution in [-0.4, -0.2) is 84.1 Å². The molecule has 3 amide bonds. The number of nitrogens with zero attached hydrogens (tertiary/aromatic N) is 3. The number of hydroxylamine groups is 3. The van der Waals surface area contributed by atoms with Crippen molar-refractivity contribution < 1.29 is 31.7 Å². The maximum atomic E-state index is 12.5. The molecular formula is C14H22N4O7S. The van der Waals surface area contributed by atoms with Gasteiger partial charge in [0.15, 0.2) is 0 Å². The molecule has 5 aliphatic rings. The van der Waals surface area contributed by atoms with E-state index in [1.807, 2.05) is 0 Å². The second-order valence-electron chi connectivity index (χ2n) is 7.27. The molecule has 0 spiro atoms. The van der Waals surface area contributed by atoms with Gasteiger partial charge < -0.3 is 9.80 Å². The van der Waals surface area contributed by atoms with Crippen molar-refractivity contribution in [1.82, 2.24) is 20.3 Å². The lowest BCUT2D eigenvalue weighted by Gasteiger charge is -2.44. The Kier molecular flexibility index (Phi) is 4.55. The first-order chi connectivity index (χ1) is 12.3. The van der Waals surface area contributed by atoms with E-state index in [1.54, 1.807) is 0 Å². The molecule has 5 saturated heterocycles. The zero-order valence-electron chi connectivity index (χ0n) is 14.1. The van der Waals surface area contributed by atoms with Crippen LogP contribution < -0.4 is 5.48 Å². The third kappa shape index (κ3) is 3.39. The number of hydrogen-bond donors (Lipinski definition) is 2. The van der Waals surface area contributed by atoms with Gasteiger partial charge in [-0.3, -0.25) is 14.2 Å². The Morgan fingerprint density at radius 3 is 2.50 bits per heavy atom. The highest BCUT2D eigenvalue weighted by molar-refractivity contribution is 7.80. The summed E-state index contributed by atoms with van der Waals surface area (Å²) < 4.78 is 34.9. The lowest BCUT2D eigenvalue weighted by molar-refractivity contribution is -0.155. The molecule has 0 radical (unpaired) electrons. The summed E-state index contributed by atoms with van der Waals surface area (Å²) in [4.78, 5) is 34.0. The van der Waals surface area contributed by atoms with E-state index in [2.05, 4.69) is 14.7 Å². The Balaban J connectivity index is 1.35. The summed E-state index contributed by atoms with van der Waals surface area (Å²) >= 11 is 0. The Labute approximate surface area is 151 Å². The van der Waals surface area contributed by atoms with Crippen molar-refractivity contribution >= 4 is 22.3 Å². The molecule has 0 saturated carbocycles. The van der Waals surface area contributed by atoms with E-state index in [1.165, 1.54) is 4.90 Å². The van der Waals surface area contributed by atoms with Gasteiger partial charge in [0.25, 0.3) is 5.91 Å². The summed E-state index contributed by atoms with van der Waals surface area (Å²) in [5.41, 5.74) is 2.49. The number of rotatable bonds is 5. The first kappa shape index (κ1) is 17.9. The summed E-state index contributed by atoms with van der Waals surface area (Å²) in [5, 5.41) is 0.622. The van der Waals surface area contributed by atoms with Gasteiger partial charge in [-0.15, -0.1) is 4.28 Å². The highest BCUT2D eigenvalue weighted by Gasteiger charge is 2.49. The molecule has 2 N–H and O–H groups in total. The van der Waals surface area contributed by atoms with Crippen LogP contribution in [-0.2, 0) is 24.3 Å². The summed E-state index contributed by atoms with van der Waals surface area (Å²) in [6.45, 7) is 3.07. The van der Waals surface area contributed by atoms with Crippen molar-refractivity contribution in [2.24, 2.45) is 5.92 Å². The Bertz CT molecular complexity index is 693. The second kappa shape index (κ2) is 6.60. The fraction of sp³-hybridized carbons (Fsp3) is 0.857. The van der Waals surface area contributed by atoms with Crippen LogP contribution >= 0.6 is 0 Å². The fourth-order valence-electron chi connectivity index (χ4n) is 4.35. The lowest BCUT2D eigenvalue weighted by atomic mass is 9.86. The number of fused-ring (bicyclic) bond motifs is 5. The van der Waals surface area contributed by atoms with Crippen molar-refractivity contribution in [3.05, 3.63) is 0 Å². The van der Waals surface area contributed by atoms with Gasteiger partial charge in [0.2, 0.25) is 0 Å². The zero-order valence-corrected chi connectivity index (χ0v) is 14.9. The first-order valence-electron chi connectivity index (χ1n) is 8.76. The van der Waals surface area contributed by atoms with Gasteiger partial charge in [-0.1, -0.05) is 0 Å². The van der Waals surface area contributed by atoms with Crippen LogP contribution in [0, 0.1) is 5.92 Å². The average Bonchev–Trinajstić information content (AvgIpc) is 2.84. The predicted octanol–water partition coefficient (Wildman–Crippen LogP) is -0.869. The van der Waals surface area contributed by atoms with Gasteiger partial charge in [0.1, 0.15) is 12.1 Å². The smallest absolute Gasteiger partial charge is 0.309 e. The number of nitrogens with one attached hydrogen (secondary N) is 1. The van der Waals surface area contributed by atoms with Crippen molar-refractivity contribution in [2.45, 2.75) is 43.9 Å². The molecule has 2 unspecified atom stereocenters. The third-order valence-corrected chi connectivity index (χ3v) is 6.06. The van der Waals surface area contributed by atoms with Gasteiger partial charge in [0.05, 0.1) is 6.04 Å². The topological polar surface area (TPSA) is 129 Å². The summed E-state index contributed by atoms with van der Waals surface area (Å²) in [6, 6.07) is -2.03. The lowest BCUT2D eigenvalue weighted by Crippen LogP contribution is -2.55. The molecule has 146 valence electrons. The molecule has 0 aromatic heterocycles. The number of urea groups is 1. The Morgan fingerprint density at radius 2 is 1.88 bits per heavy atom. The molecule has 5 heterocycles. The van der Waals surface area contributed by atoms with E-state index in [-0.39, 0.29) is 12.6 Å². The van der Waals surface area contributed by atoms with Crippen LogP contribution in [0.1, 0.15) is 25.7 Å². The third-order valence-electron chi connectivity index (χ3n) is 5.71. The van der Waals surface area contributed by atoms with Crippen LogP contribution in [0.2, 0.25) is 0 Å². The molecular weight excluding hydrogens is 368 g/mol. The van der Waals surface area contributed by atoms with E-state index in [4.69, 9.17) is 9.39 Å². The van der Waals surface area contributed by atoms with Gasteiger partial charge in [0, 0.05) is 13.1 Å². The molecule has 0 aromatic carbocycles. The minimum Gasteiger partial charge on any atom is -0.309 e. The standard InChI is InChI=1S/C14H22N4O7S/c19-13(15-24-12-8-16-5-3-9(12)4-6-16)11-2-1-10-7-17(11)14(20)18(10)25-26(21,22)23/h9-12H,1-8H2,(H,15,19)(H,21,22,23)/t10?,11-,12?/m0/s1. The molecule has 5 aliphatic heterocycles. The predicted molar refractivity (Wildman–Crippen MR) is 85.6 cm³/mol. The van der Waals surface area contributed by atoms with Gasteiger partial charge in [-0.05, 0) is 44.7 Å². The quantitative estimate of drug-likeness (QED) is 0.458. The summed E-state index contributed by atoms with van der Waals surface area (Å²) in [5.74, 6) is 0.00468. The van der Waals surface area contributed by atoms with Crippen molar-refractivity contribution in [3.8, 4) is 0 Å². The monoisotopic (exact) mass is 390 g/mol. The van der Waals surface area contributed by atoms with Crippen LogP contribution in [0.4, 0.5) is 4.79 Å². The van der Waals surface area contributed by atoms with E-state index in [0.717, 1.165) is 32.5 Å². The molecule has 12 heteroatoms. The summed E-state index contributed by atoms with van der Waals surface area (Å²) in [6.07, 6.45) is 2.80. The SMILES string of the molecule is O=C(NOC1CN2CCC1CC2)[C@@H]1CCC2CN1C(=O)N2OS(=O)(=O)O. The van der Waals surface area contributed by atoms with Crippen LogP contribution in [0.15, 0.2) is 0 Å². The fourth-order valence-corrected chi connectivity index (χ4v) is 4.74. The van der Waals surface area contributed by atoms with Crippen molar-refractivity contribution in [1.29, 1.82) is 0 Å². The zero-order chi connectivity index (χ0) is 18.5. The molecule has 5 fully saturated rings. The molecule has 3 atom stereocenters. The molecule has 11 nitrogen and oxygen atoms in total. The molecule has 5 rings (SSSR count).